The zero-order chi connectivity index (χ0) is 15.0. The van der Waals surface area contributed by atoms with Crippen molar-refractivity contribution in [3.8, 4) is 0 Å². The van der Waals surface area contributed by atoms with Crippen LogP contribution in [0.4, 0.5) is 5.69 Å². The summed E-state index contributed by atoms with van der Waals surface area (Å²) in [5, 5.41) is 3.45. The Hall–Kier alpha value is -1.07. The number of rotatable bonds is 3. The molecule has 0 spiro atoms. The summed E-state index contributed by atoms with van der Waals surface area (Å²) in [6.07, 6.45) is 2.13. The van der Waals surface area contributed by atoms with Crippen LogP contribution in [-0.4, -0.2) is 38.1 Å². The first-order chi connectivity index (χ1) is 9.16. The lowest BCUT2D eigenvalue weighted by molar-refractivity contribution is 0.480. The van der Waals surface area contributed by atoms with E-state index in [0.29, 0.717) is 13.1 Å². The normalized spacial score (nSPS) is 21.1. The van der Waals surface area contributed by atoms with Gasteiger partial charge in [0.05, 0.1) is 6.26 Å². The van der Waals surface area contributed by atoms with Crippen molar-refractivity contribution in [2.75, 3.05) is 24.7 Å². The van der Waals surface area contributed by atoms with Crippen molar-refractivity contribution in [2.45, 2.75) is 38.6 Å². The zero-order valence-corrected chi connectivity index (χ0v) is 13.5. The Morgan fingerprint density at radius 1 is 1.30 bits per heavy atom. The number of nitrogens with one attached hydrogen (secondary N) is 1. The topological polar surface area (TPSA) is 49.4 Å². The van der Waals surface area contributed by atoms with Crippen LogP contribution in [0, 0.1) is 0 Å². The van der Waals surface area contributed by atoms with Gasteiger partial charge in [0.1, 0.15) is 0 Å². The first kappa shape index (κ1) is 15.3. The van der Waals surface area contributed by atoms with E-state index in [0.717, 1.165) is 12.1 Å². The van der Waals surface area contributed by atoms with E-state index in [4.69, 9.17) is 0 Å². The van der Waals surface area contributed by atoms with Crippen LogP contribution in [0.2, 0.25) is 0 Å². The first-order valence-electron chi connectivity index (χ1n) is 6.98. The first-order valence-corrected chi connectivity index (χ1v) is 8.83. The SMILES string of the molecule is CC(C)(C)c1cccc(NC2CCN(S(C)(=O)=O)C2)c1. The molecule has 112 valence electrons. The van der Waals surface area contributed by atoms with Gasteiger partial charge in [-0.1, -0.05) is 32.9 Å². The predicted molar refractivity (Wildman–Crippen MR) is 83.6 cm³/mol. The Bertz CT molecular complexity index is 576. The molecule has 0 bridgehead atoms. The molecule has 1 fully saturated rings. The van der Waals surface area contributed by atoms with Gasteiger partial charge in [-0.2, -0.15) is 0 Å². The third kappa shape index (κ3) is 3.73. The molecule has 1 heterocycles. The molecule has 4 nitrogen and oxygen atoms in total. The number of hydrogen-bond donors (Lipinski definition) is 1. The summed E-state index contributed by atoms with van der Waals surface area (Å²) in [6.45, 7) is 7.72. The summed E-state index contributed by atoms with van der Waals surface area (Å²) >= 11 is 0. The number of nitrogens with zero attached hydrogens (tertiary/aromatic N) is 1. The highest BCUT2D eigenvalue weighted by Crippen LogP contribution is 2.26. The van der Waals surface area contributed by atoms with Gasteiger partial charge < -0.3 is 5.32 Å². The number of benzene rings is 1. The van der Waals surface area contributed by atoms with E-state index in [-0.39, 0.29) is 11.5 Å². The summed E-state index contributed by atoms with van der Waals surface area (Å²) in [4.78, 5) is 0. The van der Waals surface area contributed by atoms with Crippen LogP contribution in [0.1, 0.15) is 32.8 Å². The molecular formula is C15H24N2O2S. The Labute approximate surface area is 122 Å². The zero-order valence-electron chi connectivity index (χ0n) is 12.7. The second-order valence-electron chi connectivity index (χ2n) is 6.58. The summed E-state index contributed by atoms with van der Waals surface area (Å²) in [5.41, 5.74) is 2.46. The molecule has 0 aliphatic carbocycles. The molecule has 2 rings (SSSR count). The van der Waals surface area contributed by atoms with Crippen LogP contribution < -0.4 is 5.32 Å². The minimum Gasteiger partial charge on any atom is -0.381 e. The van der Waals surface area contributed by atoms with Crippen molar-refractivity contribution in [1.29, 1.82) is 0 Å². The summed E-state index contributed by atoms with van der Waals surface area (Å²) in [6, 6.07) is 8.57. The van der Waals surface area contributed by atoms with Gasteiger partial charge in [-0.3, -0.25) is 0 Å². The standard InChI is InChI=1S/C15H24N2O2S/c1-15(2,3)12-6-5-7-13(10-12)16-14-8-9-17(11-14)20(4,18)19/h5-7,10,14,16H,8-9,11H2,1-4H3. The van der Waals surface area contributed by atoms with E-state index in [1.165, 1.54) is 16.1 Å². The van der Waals surface area contributed by atoms with E-state index in [1.807, 2.05) is 12.1 Å². The monoisotopic (exact) mass is 296 g/mol. The average Bonchev–Trinajstić information content (AvgIpc) is 2.76. The molecule has 1 atom stereocenters. The molecule has 1 aromatic rings. The highest BCUT2D eigenvalue weighted by atomic mass is 32.2. The smallest absolute Gasteiger partial charge is 0.211 e. The van der Waals surface area contributed by atoms with Crippen LogP contribution in [0.25, 0.3) is 0 Å². The Kier molecular flexibility index (Phi) is 4.12. The van der Waals surface area contributed by atoms with Crippen molar-refractivity contribution >= 4 is 15.7 Å². The van der Waals surface area contributed by atoms with Crippen LogP contribution >= 0.6 is 0 Å². The molecule has 20 heavy (non-hydrogen) atoms. The molecule has 5 heteroatoms. The molecule has 1 unspecified atom stereocenters. The molecule has 0 aromatic heterocycles. The fraction of sp³-hybridized carbons (Fsp3) is 0.600. The molecule has 1 aliphatic rings. The summed E-state index contributed by atoms with van der Waals surface area (Å²) in [7, 11) is -3.07. The Morgan fingerprint density at radius 2 is 2.00 bits per heavy atom. The maximum atomic E-state index is 11.5. The maximum Gasteiger partial charge on any atom is 0.211 e. The van der Waals surface area contributed by atoms with Gasteiger partial charge in [0.25, 0.3) is 0 Å². The van der Waals surface area contributed by atoms with Gasteiger partial charge in [-0.15, -0.1) is 0 Å². The number of anilines is 1. The molecular weight excluding hydrogens is 272 g/mol. The van der Waals surface area contributed by atoms with Crippen molar-refractivity contribution in [3.63, 3.8) is 0 Å². The van der Waals surface area contributed by atoms with Gasteiger partial charge in [0.15, 0.2) is 0 Å². The highest BCUT2D eigenvalue weighted by Gasteiger charge is 2.28. The number of hydrogen-bond acceptors (Lipinski definition) is 3. The van der Waals surface area contributed by atoms with Crippen LogP contribution in [-0.2, 0) is 15.4 Å². The second-order valence-corrected chi connectivity index (χ2v) is 8.56. The van der Waals surface area contributed by atoms with Crippen molar-refractivity contribution in [1.82, 2.24) is 4.31 Å². The van der Waals surface area contributed by atoms with Gasteiger partial charge in [-0.05, 0) is 29.5 Å². The quantitative estimate of drug-likeness (QED) is 0.932. The third-order valence-corrected chi connectivity index (χ3v) is 4.99. The second kappa shape index (κ2) is 5.37. The van der Waals surface area contributed by atoms with Gasteiger partial charge >= 0.3 is 0 Å². The number of sulfonamides is 1. The summed E-state index contributed by atoms with van der Waals surface area (Å²) in [5.74, 6) is 0. The van der Waals surface area contributed by atoms with Crippen LogP contribution in [0.5, 0.6) is 0 Å². The van der Waals surface area contributed by atoms with Crippen molar-refractivity contribution < 1.29 is 8.42 Å². The minimum absolute atomic E-state index is 0.117. The van der Waals surface area contributed by atoms with E-state index < -0.39 is 10.0 Å². The van der Waals surface area contributed by atoms with Gasteiger partial charge in [0, 0.05) is 24.8 Å². The van der Waals surface area contributed by atoms with E-state index in [9.17, 15) is 8.42 Å². The Balaban J connectivity index is 2.05. The molecule has 0 radical (unpaired) electrons. The lowest BCUT2D eigenvalue weighted by Crippen LogP contribution is -2.30. The molecule has 1 N–H and O–H groups in total. The molecule has 0 saturated carbocycles. The lowest BCUT2D eigenvalue weighted by atomic mass is 9.87. The largest absolute Gasteiger partial charge is 0.381 e. The fourth-order valence-electron chi connectivity index (χ4n) is 2.46. The average molecular weight is 296 g/mol. The molecule has 1 aliphatic heterocycles. The summed E-state index contributed by atoms with van der Waals surface area (Å²) < 4.78 is 24.6. The third-order valence-electron chi connectivity index (χ3n) is 3.72. The van der Waals surface area contributed by atoms with Gasteiger partial charge in [0.2, 0.25) is 10.0 Å². The fourth-order valence-corrected chi connectivity index (χ4v) is 3.35. The highest BCUT2D eigenvalue weighted by molar-refractivity contribution is 7.88. The molecule has 1 aromatic carbocycles. The lowest BCUT2D eigenvalue weighted by Gasteiger charge is -2.21. The maximum absolute atomic E-state index is 11.5. The molecule has 1 saturated heterocycles. The van der Waals surface area contributed by atoms with E-state index in [2.05, 4.69) is 38.2 Å². The Morgan fingerprint density at radius 3 is 2.55 bits per heavy atom. The van der Waals surface area contributed by atoms with Crippen LogP contribution in [0.3, 0.4) is 0 Å². The minimum atomic E-state index is -3.07. The van der Waals surface area contributed by atoms with Crippen molar-refractivity contribution in [3.05, 3.63) is 29.8 Å². The molecule has 0 amide bonds. The van der Waals surface area contributed by atoms with Gasteiger partial charge in [-0.25, -0.2) is 12.7 Å². The van der Waals surface area contributed by atoms with E-state index >= 15 is 0 Å². The predicted octanol–water partition coefficient (Wildman–Crippen LogP) is 2.43. The van der Waals surface area contributed by atoms with Crippen molar-refractivity contribution in [2.24, 2.45) is 0 Å². The van der Waals surface area contributed by atoms with E-state index in [1.54, 1.807) is 0 Å². The van der Waals surface area contributed by atoms with Crippen LogP contribution in [0.15, 0.2) is 24.3 Å².